The number of rotatable bonds is 3. The van der Waals surface area contributed by atoms with Crippen LogP contribution in [0.25, 0.3) is 0 Å². The summed E-state index contributed by atoms with van der Waals surface area (Å²) in [6.45, 7) is 10.3. The van der Waals surface area contributed by atoms with Crippen molar-refractivity contribution in [1.82, 2.24) is 5.32 Å². The molecular weight excluding hydrogens is 212 g/mol. The monoisotopic (exact) mass is 234 g/mol. The Balaban J connectivity index is 2.13. The number of piperazine rings is 1. The molecule has 1 aliphatic rings. The highest BCUT2D eigenvalue weighted by molar-refractivity contribution is 5.51. The molecule has 1 aromatic carbocycles. The van der Waals surface area contributed by atoms with Crippen LogP contribution in [-0.2, 0) is 0 Å². The van der Waals surface area contributed by atoms with Crippen molar-refractivity contribution in [1.29, 1.82) is 0 Å². The van der Waals surface area contributed by atoms with E-state index in [0.29, 0.717) is 0 Å². The average Bonchev–Trinajstić information content (AvgIpc) is 2.28. The molecule has 0 atom stereocenters. The molecule has 1 fully saturated rings. The van der Waals surface area contributed by atoms with Gasteiger partial charge in [0.05, 0.1) is 6.61 Å². The molecule has 1 N–H and O–H groups in total. The second-order valence-electron chi connectivity index (χ2n) is 5.16. The predicted molar refractivity (Wildman–Crippen MR) is 71.9 cm³/mol. The normalized spacial score (nSPS) is 19.1. The SMILES string of the molecule is CCOc1cccc(N2CCNC(C)(C)C2)c1. The standard InChI is InChI=1S/C14H22N2O/c1-4-17-13-7-5-6-12(10-13)16-9-8-15-14(2,3)11-16/h5-7,10,15H,4,8-9,11H2,1-3H3. The van der Waals surface area contributed by atoms with Crippen molar-refractivity contribution in [2.45, 2.75) is 26.3 Å². The van der Waals surface area contributed by atoms with Crippen molar-refractivity contribution in [3.05, 3.63) is 24.3 Å². The molecule has 3 nitrogen and oxygen atoms in total. The van der Waals surface area contributed by atoms with Crippen molar-refractivity contribution >= 4 is 5.69 Å². The summed E-state index contributed by atoms with van der Waals surface area (Å²) < 4.78 is 5.55. The lowest BCUT2D eigenvalue weighted by molar-refractivity contribution is 0.338. The summed E-state index contributed by atoms with van der Waals surface area (Å²) in [6.07, 6.45) is 0. The first-order valence-corrected chi connectivity index (χ1v) is 6.33. The molecule has 1 heterocycles. The minimum atomic E-state index is 0.180. The van der Waals surface area contributed by atoms with Crippen molar-refractivity contribution in [3.63, 3.8) is 0 Å². The number of ether oxygens (including phenoxy) is 1. The molecule has 0 aromatic heterocycles. The second kappa shape index (κ2) is 4.96. The van der Waals surface area contributed by atoms with E-state index in [-0.39, 0.29) is 5.54 Å². The molecule has 2 rings (SSSR count). The first-order chi connectivity index (χ1) is 8.11. The molecule has 94 valence electrons. The Kier molecular flexibility index (Phi) is 3.57. The Bertz CT molecular complexity index is 376. The van der Waals surface area contributed by atoms with Gasteiger partial charge in [-0.15, -0.1) is 0 Å². The van der Waals surface area contributed by atoms with E-state index in [1.807, 2.05) is 13.0 Å². The molecule has 1 aliphatic heterocycles. The molecule has 0 saturated carbocycles. The van der Waals surface area contributed by atoms with Gasteiger partial charge in [-0.1, -0.05) is 6.07 Å². The molecule has 3 heteroatoms. The average molecular weight is 234 g/mol. The van der Waals surface area contributed by atoms with Gasteiger partial charge in [-0.05, 0) is 32.9 Å². The van der Waals surface area contributed by atoms with Crippen LogP contribution in [0.2, 0.25) is 0 Å². The smallest absolute Gasteiger partial charge is 0.121 e. The van der Waals surface area contributed by atoms with Crippen molar-refractivity contribution in [3.8, 4) is 5.75 Å². The predicted octanol–water partition coefficient (Wildman–Crippen LogP) is 2.27. The van der Waals surface area contributed by atoms with Gasteiger partial charge in [0.1, 0.15) is 5.75 Å². The van der Waals surface area contributed by atoms with Crippen LogP contribution in [0.5, 0.6) is 5.75 Å². The lowest BCUT2D eigenvalue weighted by atomic mass is 10.0. The molecule has 17 heavy (non-hydrogen) atoms. The van der Waals surface area contributed by atoms with E-state index in [0.717, 1.165) is 32.0 Å². The summed E-state index contributed by atoms with van der Waals surface area (Å²) in [7, 11) is 0. The Labute approximate surface area is 104 Å². The van der Waals surface area contributed by atoms with E-state index in [1.165, 1.54) is 5.69 Å². The van der Waals surface area contributed by atoms with Crippen molar-refractivity contribution < 1.29 is 4.74 Å². The zero-order valence-electron chi connectivity index (χ0n) is 11.0. The fourth-order valence-electron chi connectivity index (χ4n) is 2.30. The van der Waals surface area contributed by atoms with E-state index in [9.17, 15) is 0 Å². The molecule has 0 bridgehead atoms. The van der Waals surface area contributed by atoms with Gasteiger partial charge >= 0.3 is 0 Å². The highest BCUT2D eigenvalue weighted by Crippen LogP contribution is 2.24. The zero-order chi connectivity index (χ0) is 12.3. The summed E-state index contributed by atoms with van der Waals surface area (Å²) in [4.78, 5) is 2.42. The van der Waals surface area contributed by atoms with Crippen LogP contribution in [0.15, 0.2) is 24.3 Å². The maximum Gasteiger partial charge on any atom is 0.121 e. The Morgan fingerprint density at radius 2 is 2.24 bits per heavy atom. The molecule has 0 aliphatic carbocycles. The van der Waals surface area contributed by atoms with Crippen LogP contribution in [-0.4, -0.2) is 31.8 Å². The van der Waals surface area contributed by atoms with Crippen LogP contribution >= 0.6 is 0 Å². The van der Waals surface area contributed by atoms with Gasteiger partial charge in [-0.2, -0.15) is 0 Å². The summed E-state index contributed by atoms with van der Waals surface area (Å²) in [5.41, 5.74) is 1.44. The molecule has 0 amide bonds. The maximum absolute atomic E-state index is 5.55. The third-order valence-electron chi connectivity index (χ3n) is 3.07. The van der Waals surface area contributed by atoms with Gasteiger partial charge in [-0.25, -0.2) is 0 Å². The fourth-order valence-corrected chi connectivity index (χ4v) is 2.30. The van der Waals surface area contributed by atoms with Gasteiger partial charge in [0.15, 0.2) is 0 Å². The van der Waals surface area contributed by atoms with Crippen LogP contribution < -0.4 is 15.0 Å². The molecule has 0 spiro atoms. The molecule has 1 aromatic rings. The number of nitrogens with one attached hydrogen (secondary N) is 1. The summed E-state index contributed by atoms with van der Waals surface area (Å²) in [5, 5.41) is 3.52. The van der Waals surface area contributed by atoms with Crippen LogP contribution in [0.1, 0.15) is 20.8 Å². The van der Waals surface area contributed by atoms with Gasteiger partial charge in [0.25, 0.3) is 0 Å². The molecular formula is C14H22N2O. The third kappa shape index (κ3) is 3.13. The number of anilines is 1. The van der Waals surface area contributed by atoms with Gasteiger partial charge in [0, 0.05) is 36.9 Å². The topological polar surface area (TPSA) is 24.5 Å². The molecule has 0 unspecified atom stereocenters. The zero-order valence-corrected chi connectivity index (χ0v) is 11.0. The van der Waals surface area contributed by atoms with Crippen molar-refractivity contribution in [2.75, 3.05) is 31.1 Å². The largest absolute Gasteiger partial charge is 0.494 e. The van der Waals surface area contributed by atoms with Crippen LogP contribution in [0.4, 0.5) is 5.69 Å². The highest BCUT2D eigenvalue weighted by atomic mass is 16.5. The Hall–Kier alpha value is -1.22. The van der Waals surface area contributed by atoms with Gasteiger partial charge in [0.2, 0.25) is 0 Å². The summed E-state index contributed by atoms with van der Waals surface area (Å²) in [5.74, 6) is 0.960. The quantitative estimate of drug-likeness (QED) is 0.868. The maximum atomic E-state index is 5.55. The number of hydrogen-bond acceptors (Lipinski definition) is 3. The summed E-state index contributed by atoms with van der Waals surface area (Å²) in [6, 6.07) is 8.37. The number of benzene rings is 1. The second-order valence-corrected chi connectivity index (χ2v) is 5.16. The summed E-state index contributed by atoms with van der Waals surface area (Å²) >= 11 is 0. The van der Waals surface area contributed by atoms with E-state index in [4.69, 9.17) is 4.74 Å². The molecule has 0 radical (unpaired) electrons. The van der Waals surface area contributed by atoms with Crippen molar-refractivity contribution in [2.24, 2.45) is 0 Å². The van der Waals surface area contributed by atoms with Crippen LogP contribution in [0, 0.1) is 0 Å². The van der Waals surface area contributed by atoms with E-state index < -0.39 is 0 Å². The van der Waals surface area contributed by atoms with Crippen LogP contribution in [0.3, 0.4) is 0 Å². The molecule has 1 saturated heterocycles. The van der Waals surface area contributed by atoms with E-state index in [1.54, 1.807) is 0 Å². The Morgan fingerprint density at radius 1 is 1.41 bits per heavy atom. The highest BCUT2D eigenvalue weighted by Gasteiger charge is 2.25. The third-order valence-corrected chi connectivity index (χ3v) is 3.07. The lowest BCUT2D eigenvalue weighted by Gasteiger charge is -2.40. The number of hydrogen-bond donors (Lipinski definition) is 1. The van der Waals surface area contributed by atoms with E-state index in [2.05, 4.69) is 42.3 Å². The van der Waals surface area contributed by atoms with Gasteiger partial charge < -0.3 is 15.0 Å². The fraction of sp³-hybridized carbons (Fsp3) is 0.571. The minimum absolute atomic E-state index is 0.180. The Morgan fingerprint density at radius 3 is 2.94 bits per heavy atom. The van der Waals surface area contributed by atoms with Gasteiger partial charge in [-0.3, -0.25) is 0 Å². The minimum Gasteiger partial charge on any atom is -0.494 e. The first kappa shape index (κ1) is 12.2. The lowest BCUT2D eigenvalue weighted by Crippen LogP contribution is -2.57. The van der Waals surface area contributed by atoms with E-state index >= 15 is 0 Å². The number of nitrogens with zero attached hydrogens (tertiary/aromatic N) is 1. The first-order valence-electron chi connectivity index (χ1n) is 6.33.